The van der Waals surface area contributed by atoms with Gasteiger partial charge >= 0.3 is 6.18 Å². The summed E-state index contributed by atoms with van der Waals surface area (Å²) >= 11 is 0. The normalized spacial score (nSPS) is 13.4. The summed E-state index contributed by atoms with van der Waals surface area (Å²) in [6, 6.07) is 9.11. The van der Waals surface area contributed by atoms with Gasteiger partial charge in [0.1, 0.15) is 11.9 Å². The SMILES string of the molecule is CC(CNCC(F)(F)F)Oc1cccc2ncccc12. The lowest BCUT2D eigenvalue weighted by molar-refractivity contribution is -0.125. The van der Waals surface area contributed by atoms with Crippen LogP contribution in [-0.4, -0.2) is 30.4 Å². The van der Waals surface area contributed by atoms with Crippen LogP contribution in [0.3, 0.4) is 0 Å². The summed E-state index contributed by atoms with van der Waals surface area (Å²) in [7, 11) is 0. The summed E-state index contributed by atoms with van der Waals surface area (Å²) in [6.07, 6.45) is -2.90. The van der Waals surface area contributed by atoms with Crippen molar-refractivity contribution in [3.8, 4) is 5.75 Å². The van der Waals surface area contributed by atoms with E-state index in [2.05, 4.69) is 10.3 Å². The van der Waals surface area contributed by atoms with Crippen molar-refractivity contribution in [1.82, 2.24) is 10.3 Å². The molecule has 2 aromatic rings. The predicted molar refractivity (Wildman–Crippen MR) is 70.8 cm³/mol. The third kappa shape index (κ3) is 4.09. The summed E-state index contributed by atoms with van der Waals surface area (Å²) in [6.45, 7) is 0.826. The Labute approximate surface area is 114 Å². The zero-order valence-electron chi connectivity index (χ0n) is 10.9. The maximum Gasteiger partial charge on any atom is 0.401 e. The van der Waals surface area contributed by atoms with E-state index in [1.165, 1.54) is 0 Å². The zero-order chi connectivity index (χ0) is 14.6. The van der Waals surface area contributed by atoms with E-state index in [0.29, 0.717) is 5.75 Å². The van der Waals surface area contributed by atoms with Gasteiger partial charge in [0, 0.05) is 18.1 Å². The van der Waals surface area contributed by atoms with Crippen LogP contribution < -0.4 is 10.1 Å². The molecule has 0 saturated carbocycles. The van der Waals surface area contributed by atoms with E-state index in [4.69, 9.17) is 4.74 Å². The number of alkyl halides is 3. The molecule has 0 aliphatic carbocycles. The van der Waals surface area contributed by atoms with E-state index in [9.17, 15) is 13.2 Å². The van der Waals surface area contributed by atoms with Gasteiger partial charge in [-0.2, -0.15) is 13.2 Å². The minimum absolute atomic E-state index is 0.121. The molecule has 6 heteroatoms. The molecule has 1 aromatic carbocycles. The first-order valence-corrected chi connectivity index (χ1v) is 6.23. The first-order chi connectivity index (χ1) is 9.46. The fourth-order valence-electron chi connectivity index (χ4n) is 1.85. The van der Waals surface area contributed by atoms with Crippen LogP contribution >= 0.6 is 0 Å². The van der Waals surface area contributed by atoms with Gasteiger partial charge in [-0.3, -0.25) is 4.98 Å². The molecular weight excluding hydrogens is 269 g/mol. The lowest BCUT2D eigenvalue weighted by atomic mass is 10.2. The molecule has 1 aromatic heterocycles. The topological polar surface area (TPSA) is 34.1 Å². The lowest BCUT2D eigenvalue weighted by Gasteiger charge is -2.17. The predicted octanol–water partition coefficient (Wildman–Crippen LogP) is 3.15. The van der Waals surface area contributed by atoms with Crippen LogP contribution in [0.25, 0.3) is 10.9 Å². The molecular formula is C14H15F3N2O. The first kappa shape index (κ1) is 14.6. The number of hydrogen-bond donors (Lipinski definition) is 1. The first-order valence-electron chi connectivity index (χ1n) is 6.23. The molecule has 0 fully saturated rings. The van der Waals surface area contributed by atoms with Crippen molar-refractivity contribution < 1.29 is 17.9 Å². The fraction of sp³-hybridized carbons (Fsp3) is 0.357. The van der Waals surface area contributed by atoms with E-state index in [1.807, 2.05) is 12.1 Å². The molecule has 0 aliphatic rings. The smallest absolute Gasteiger partial charge is 0.401 e. The van der Waals surface area contributed by atoms with Gasteiger partial charge in [0.2, 0.25) is 0 Å². The van der Waals surface area contributed by atoms with Gasteiger partial charge in [0.15, 0.2) is 0 Å². The van der Waals surface area contributed by atoms with Gasteiger partial charge in [0.05, 0.1) is 12.1 Å². The highest BCUT2D eigenvalue weighted by molar-refractivity contribution is 5.84. The Kier molecular flexibility index (Phi) is 4.44. The highest BCUT2D eigenvalue weighted by Gasteiger charge is 2.26. The van der Waals surface area contributed by atoms with Gasteiger partial charge in [-0.25, -0.2) is 0 Å². The molecule has 0 saturated heterocycles. The van der Waals surface area contributed by atoms with Crippen molar-refractivity contribution in [2.24, 2.45) is 0 Å². The number of rotatable bonds is 5. The summed E-state index contributed by atoms with van der Waals surface area (Å²) in [5, 5.41) is 3.17. The number of nitrogens with zero attached hydrogens (tertiary/aromatic N) is 1. The summed E-state index contributed by atoms with van der Waals surface area (Å²) in [5.41, 5.74) is 0.792. The van der Waals surface area contributed by atoms with Crippen LogP contribution in [0.15, 0.2) is 36.5 Å². The summed E-state index contributed by atoms with van der Waals surface area (Å²) in [4.78, 5) is 4.20. The van der Waals surface area contributed by atoms with Crippen LogP contribution in [0.4, 0.5) is 13.2 Å². The number of nitrogens with one attached hydrogen (secondary N) is 1. The molecule has 3 nitrogen and oxygen atoms in total. The van der Waals surface area contributed by atoms with E-state index in [1.54, 1.807) is 31.3 Å². The molecule has 2 rings (SSSR count). The molecule has 1 atom stereocenters. The zero-order valence-corrected chi connectivity index (χ0v) is 10.9. The molecule has 108 valence electrons. The van der Waals surface area contributed by atoms with Gasteiger partial charge in [-0.15, -0.1) is 0 Å². The number of fused-ring (bicyclic) bond motifs is 1. The summed E-state index contributed by atoms with van der Waals surface area (Å²) in [5.74, 6) is 0.622. The second-order valence-electron chi connectivity index (χ2n) is 4.50. The number of aromatic nitrogens is 1. The van der Waals surface area contributed by atoms with Gasteiger partial charge in [-0.1, -0.05) is 6.07 Å². The average molecular weight is 284 g/mol. The minimum atomic E-state index is -4.21. The number of benzene rings is 1. The molecule has 0 spiro atoms. The number of ether oxygens (including phenoxy) is 1. The Hall–Kier alpha value is -1.82. The fourth-order valence-corrected chi connectivity index (χ4v) is 1.85. The van der Waals surface area contributed by atoms with Crippen molar-refractivity contribution >= 4 is 10.9 Å². The Balaban J connectivity index is 1.98. The van der Waals surface area contributed by atoms with E-state index < -0.39 is 12.7 Å². The molecule has 1 unspecified atom stereocenters. The summed E-state index contributed by atoms with van der Waals surface area (Å²) < 4.78 is 41.8. The van der Waals surface area contributed by atoms with E-state index >= 15 is 0 Å². The quantitative estimate of drug-likeness (QED) is 0.915. The third-order valence-electron chi connectivity index (χ3n) is 2.69. The second-order valence-corrected chi connectivity index (χ2v) is 4.50. The van der Waals surface area contributed by atoms with Crippen molar-refractivity contribution in [1.29, 1.82) is 0 Å². The number of pyridine rings is 1. The van der Waals surface area contributed by atoms with Gasteiger partial charge < -0.3 is 10.1 Å². The average Bonchev–Trinajstić information content (AvgIpc) is 2.37. The highest BCUT2D eigenvalue weighted by Crippen LogP contribution is 2.24. The van der Waals surface area contributed by atoms with Crippen LogP contribution in [0, 0.1) is 0 Å². The van der Waals surface area contributed by atoms with Crippen molar-refractivity contribution in [2.75, 3.05) is 13.1 Å². The molecule has 1 heterocycles. The minimum Gasteiger partial charge on any atom is -0.489 e. The van der Waals surface area contributed by atoms with Crippen molar-refractivity contribution in [3.63, 3.8) is 0 Å². The highest BCUT2D eigenvalue weighted by atomic mass is 19.4. The number of hydrogen-bond acceptors (Lipinski definition) is 3. The van der Waals surface area contributed by atoms with E-state index in [0.717, 1.165) is 10.9 Å². The standard InChI is InChI=1S/C14H15F3N2O/c1-10(8-18-9-14(15,16)17)20-13-6-2-5-12-11(13)4-3-7-19-12/h2-7,10,18H,8-9H2,1H3. The molecule has 0 aliphatic heterocycles. The largest absolute Gasteiger partial charge is 0.489 e. The Morgan fingerprint density at radius 2 is 2.05 bits per heavy atom. The van der Waals surface area contributed by atoms with Crippen LogP contribution in [0.2, 0.25) is 0 Å². The lowest BCUT2D eigenvalue weighted by Crippen LogP contribution is -2.35. The Bertz CT molecular complexity index is 566. The maximum atomic E-state index is 12.0. The molecule has 1 N–H and O–H groups in total. The second kappa shape index (κ2) is 6.09. The Morgan fingerprint density at radius 3 is 2.80 bits per heavy atom. The van der Waals surface area contributed by atoms with Gasteiger partial charge in [-0.05, 0) is 31.2 Å². The molecule has 0 radical (unpaired) electrons. The van der Waals surface area contributed by atoms with Gasteiger partial charge in [0.25, 0.3) is 0 Å². The van der Waals surface area contributed by atoms with Crippen molar-refractivity contribution in [3.05, 3.63) is 36.5 Å². The molecule has 0 amide bonds. The van der Waals surface area contributed by atoms with Crippen molar-refractivity contribution in [2.45, 2.75) is 19.2 Å². The van der Waals surface area contributed by atoms with Crippen LogP contribution in [0.5, 0.6) is 5.75 Å². The third-order valence-corrected chi connectivity index (χ3v) is 2.69. The monoisotopic (exact) mass is 284 g/mol. The maximum absolute atomic E-state index is 12.0. The Morgan fingerprint density at radius 1 is 1.25 bits per heavy atom. The van der Waals surface area contributed by atoms with Crippen LogP contribution in [-0.2, 0) is 0 Å². The molecule has 0 bridgehead atoms. The van der Waals surface area contributed by atoms with E-state index in [-0.39, 0.29) is 12.6 Å². The molecule has 20 heavy (non-hydrogen) atoms. The number of halogens is 3. The van der Waals surface area contributed by atoms with Crippen LogP contribution in [0.1, 0.15) is 6.92 Å².